The fourth-order valence-corrected chi connectivity index (χ4v) is 5.90. The molecule has 0 amide bonds. The lowest BCUT2D eigenvalue weighted by Gasteiger charge is -2.34. The summed E-state index contributed by atoms with van der Waals surface area (Å²) in [5.41, 5.74) is 4.57. The molecule has 1 saturated heterocycles. The molecule has 0 spiro atoms. The number of anilines is 1. The van der Waals surface area contributed by atoms with Crippen LogP contribution in [0.15, 0.2) is 23.6 Å². The molecule has 1 fully saturated rings. The number of aromatic amines is 1. The lowest BCUT2D eigenvalue weighted by atomic mass is 9.91. The van der Waals surface area contributed by atoms with E-state index >= 15 is 4.39 Å². The molecule has 1 aromatic carbocycles. The van der Waals surface area contributed by atoms with Crippen molar-refractivity contribution in [1.82, 2.24) is 25.1 Å². The molecule has 4 aromatic rings. The van der Waals surface area contributed by atoms with Gasteiger partial charge in [-0.1, -0.05) is 11.8 Å². The molecule has 3 aliphatic heterocycles. The molecule has 1 N–H and O–H groups in total. The van der Waals surface area contributed by atoms with Crippen LogP contribution in [0.2, 0.25) is 0 Å². The normalized spacial score (nSPS) is 19.1. The summed E-state index contributed by atoms with van der Waals surface area (Å²) in [5, 5.41) is 9.41. The number of aromatic nitrogens is 5. The van der Waals surface area contributed by atoms with Gasteiger partial charge in [0.2, 0.25) is 0 Å². The molecule has 3 aromatic heterocycles. The van der Waals surface area contributed by atoms with E-state index < -0.39 is 0 Å². The summed E-state index contributed by atoms with van der Waals surface area (Å²) in [6, 6.07) is 2.09. The highest BCUT2D eigenvalue weighted by molar-refractivity contribution is 7.98. The van der Waals surface area contributed by atoms with E-state index in [1.54, 1.807) is 12.4 Å². The molecule has 3 aliphatic rings. The number of nitrogens with one attached hydrogen (secondary N) is 1. The Morgan fingerprint density at radius 3 is 2.97 bits per heavy atom. The van der Waals surface area contributed by atoms with E-state index in [4.69, 9.17) is 14.7 Å². The molecular weight excluding hydrogens is 463 g/mol. The van der Waals surface area contributed by atoms with Crippen molar-refractivity contribution in [1.29, 1.82) is 0 Å². The zero-order chi connectivity index (χ0) is 23.9. The lowest BCUT2D eigenvalue weighted by molar-refractivity contribution is 0.0907. The second-order valence-electron chi connectivity index (χ2n) is 9.58. The third kappa shape index (κ3) is 4.04. The summed E-state index contributed by atoms with van der Waals surface area (Å²) in [6.45, 7) is 5.30. The Hall–Kier alpha value is -2.78. The smallest absolute Gasteiger partial charge is 0.189 e. The fourth-order valence-electron chi connectivity index (χ4n) is 5.54. The first-order chi connectivity index (χ1) is 17.1. The number of thioether (sulfide) groups is 1. The van der Waals surface area contributed by atoms with Crippen molar-refractivity contribution in [3.05, 3.63) is 35.4 Å². The van der Waals surface area contributed by atoms with Gasteiger partial charge in [-0.3, -0.25) is 10.1 Å². The van der Waals surface area contributed by atoms with Crippen LogP contribution in [0.25, 0.3) is 33.1 Å². The fraction of sp³-hybridized carbons (Fsp3) is 0.462. The van der Waals surface area contributed by atoms with Crippen molar-refractivity contribution in [2.24, 2.45) is 5.92 Å². The second kappa shape index (κ2) is 9.35. The lowest BCUT2D eigenvalue weighted by Crippen LogP contribution is -2.38. The topological polar surface area (TPSA) is 79.8 Å². The molecule has 35 heavy (non-hydrogen) atoms. The van der Waals surface area contributed by atoms with Gasteiger partial charge in [-0.25, -0.2) is 14.4 Å². The van der Waals surface area contributed by atoms with Crippen LogP contribution < -0.4 is 4.90 Å². The van der Waals surface area contributed by atoms with Crippen molar-refractivity contribution < 1.29 is 9.13 Å². The molecule has 0 radical (unpaired) electrons. The number of hydrogen-bond acceptors (Lipinski definition) is 7. The summed E-state index contributed by atoms with van der Waals surface area (Å²) in [7, 11) is 0. The largest absolute Gasteiger partial charge is 0.381 e. The van der Waals surface area contributed by atoms with E-state index in [9.17, 15) is 0 Å². The zero-order valence-corrected chi connectivity index (χ0v) is 20.9. The van der Waals surface area contributed by atoms with Gasteiger partial charge in [-0.15, -0.1) is 0 Å². The number of piperidine rings is 1. The predicted molar refractivity (Wildman–Crippen MR) is 138 cm³/mol. The van der Waals surface area contributed by atoms with Crippen LogP contribution in [0.1, 0.15) is 36.8 Å². The van der Waals surface area contributed by atoms with Gasteiger partial charge in [0.25, 0.3) is 0 Å². The van der Waals surface area contributed by atoms with E-state index in [0.29, 0.717) is 27.7 Å². The van der Waals surface area contributed by atoms with Crippen LogP contribution in [0.4, 0.5) is 10.2 Å². The van der Waals surface area contributed by atoms with Crippen molar-refractivity contribution in [2.75, 3.05) is 37.5 Å². The van der Waals surface area contributed by atoms with Gasteiger partial charge in [0.15, 0.2) is 11.0 Å². The van der Waals surface area contributed by atoms with Crippen LogP contribution >= 0.6 is 11.8 Å². The number of nitrogens with zero attached hydrogens (tertiary/aromatic N) is 5. The van der Waals surface area contributed by atoms with Gasteiger partial charge < -0.3 is 9.64 Å². The molecule has 0 saturated carbocycles. The molecule has 0 unspecified atom stereocenters. The Balaban J connectivity index is 1.62. The van der Waals surface area contributed by atoms with E-state index in [1.807, 2.05) is 6.26 Å². The Morgan fingerprint density at radius 1 is 1.17 bits per heavy atom. The van der Waals surface area contributed by atoms with Gasteiger partial charge >= 0.3 is 0 Å². The number of rotatable bonds is 1. The number of fused-ring (bicyclic) bond motifs is 7. The summed E-state index contributed by atoms with van der Waals surface area (Å²) >= 11 is 1.43. The minimum absolute atomic E-state index is 0.332. The Bertz CT molecular complexity index is 1410. The molecule has 182 valence electrons. The Kier molecular flexibility index (Phi) is 6.06. The highest BCUT2D eigenvalue weighted by atomic mass is 32.2. The van der Waals surface area contributed by atoms with Crippen LogP contribution in [0, 0.1) is 18.7 Å². The molecule has 9 heteroatoms. The number of H-pyrrole nitrogens is 1. The van der Waals surface area contributed by atoms with Gasteiger partial charge in [-0.05, 0) is 68.4 Å². The SMILES string of the molecule is CSc1nc2c3cnc(c(F)c3n1)-c1c(c(C)cc3[nH]ncc13)CCCCOC[C@@H]1CCCN2C1. The number of pyridine rings is 1. The number of aryl methyl sites for hydroxylation is 1. The minimum Gasteiger partial charge on any atom is -0.381 e. The summed E-state index contributed by atoms with van der Waals surface area (Å²) in [4.78, 5) is 16.4. The second-order valence-corrected chi connectivity index (χ2v) is 10.4. The third-order valence-electron chi connectivity index (χ3n) is 7.28. The number of halogens is 1. The van der Waals surface area contributed by atoms with Crippen LogP contribution in [0.3, 0.4) is 0 Å². The standard InChI is InChI=1S/C26H29FN6OS/c1-15-10-20-18(12-29-32-20)21-17(15)7-3-4-9-34-14-16-6-5-8-33(13-16)25-19-11-28-24(21)22(27)23(19)30-26(31-25)35-2/h10-12,16H,3-9,13-14H2,1-2H3,(H,29,32)/t16-/m1/s1. The molecule has 0 aliphatic carbocycles. The minimum atomic E-state index is -0.389. The van der Waals surface area contributed by atoms with Crippen molar-refractivity contribution in [3.63, 3.8) is 0 Å². The van der Waals surface area contributed by atoms with Crippen molar-refractivity contribution in [3.8, 4) is 11.3 Å². The maximum atomic E-state index is 16.4. The molecule has 7 nitrogen and oxygen atoms in total. The predicted octanol–water partition coefficient (Wildman–Crippen LogP) is 5.31. The van der Waals surface area contributed by atoms with Crippen molar-refractivity contribution >= 4 is 39.4 Å². The summed E-state index contributed by atoms with van der Waals surface area (Å²) < 4.78 is 22.5. The first-order valence-corrected chi connectivity index (χ1v) is 13.6. The number of ether oxygens (including phenoxy) is 1. The molecule has 7 rings (SSSR count). The first kappa shape index (κ1) is 22.7. The van der Waals surface area contributed by atoms with E-state index in [2.05, 4.69) is 33.1 Å². The van der Waals surface area contributed by atoms with Gasteiger partial charge in [0.05, 0.1) is 23.7 Å². The molecule has 6 heterocycles. The highest BCUT2D eigenvalue weighted by Gasteiger charge is 2.27. The van der Waals surface area contributed by atoms with Crippen LogP contribution in [-0.4, -0.2) is 57.7 Å². The molecule has 1 atom stereocenters. The zero-order valence-electron chi connectivity index (χ0n) is 20.1. The maximum absolute atomic E-state index is 16.4. The van der Waals surface area contributed by atoms with Crippen LogP contribution in [0.5, 0.6) is 0 Å². The van der Waals surface area contributed by atoms with Crippen molar-refractivity contribution in [2.45, 2.75) is 44.2 Å². The molecular formula is C26H29FN6OS. The van der Waals surface area contributed by atoms with E-state index in [0.717, 1.165) is 91.8 Å². The number of hydrogen-bond donors (Lipinski definition) is 1. The molecule has 6 bridgehead atoms. The summed E-state index contributed by atoms with van der Waals surface area (Å²) in [5.74, 6) is 0.820. The first-order valence-electron chi connectivity index (χ1n) is 12.3. The average molecular weight is 493 g/mol. The quantitative estimate of drug-likeness (QED) is 0.285. The number of benzene rings is 1. The Labute approximate surface area is 207 Å². The van der Waals surface area contributed by atoms with Crippen LogP contribution in [-0.2, 0) is 11.2 Å². The highest BCUT2D eigenvalue weighted by Crippen LogP contribution is 2.38. The van der Waals surface area contributed by atoms with Gasteiger partial charge in [0.1, 0.15) is 17.0 Å². The van der Waals surface area contributed by atoms with E-state index in [1.165, 1.54) is 11.8 Å². The maximum Gasteiger partial charge on any atom is 0.189 e. The average Bonchev–Trinajstić information content (AvgIpc) is 3.34. The Morgan fingerprint density at radius 2 is 2.09 bits per heavy atom. The van der Waals surface area contributed by atoms with E-state index in [-0.39, 0.29) is 5.82 Å². The monoisotopic (exact) mass is 492 g/mol. The summed E-state index contributed by atoms with van der Waals surface area (Å²) in [6.07, 6.45) is 10.4. The third-order valence-corrected chi connectivity index (χ3v) is 7.82. The van der Waals surface area contributed by atoms with Gasteiger partial charge in [-0.2, -0.15) is 5.10 Å². The van der Waals surface area contributed by atoms with Gasteiger partial charge in [0, 0.05) is 36.8 Å².